The van der Waals surface area contributed by atoms with E-state index in [1.807, 2.05) is 6.92 Å². The molecule has 1 nitrogen and oxygen atoms in total. The van der Waals surface area contributed by atoms with E-state index in [1.165, 1.54) is 12.8 Å². The highest BCUT2D eigenvalue weighted by atomic mass is 16.3. The van der Waals surface area contributed by atoms with Crippen molar-refractivity contribution in [3.05, 3.63) is 0 Å². The first-order valence-electron chi connectivity index (χ1n) is 3.88. The normalized spacial score (nSPS) is 36.3. The van der Waals surface area contributed by atoms with Gasteiger partial charge in [0, 0.05) is 0 Å². The Morgan fingerprint density at radius 3 is 2.56 bits per heavy atom. The molecule has 1 aliphatic rings. The van der Waals surface area contributed by atoms with E-state index in [4.69, 9.17) is 5.11 Å². The van der Waals surface area contributed by atoms with Gasteiger partial charge < -0.3 is 5.11 Å². The van der Waals surface area contributed by atoms with E-state index in [0.717, 1.165) is 18.3 Å². The van der Waals surface area contributed by atoms with Crippen molar-refractivity contribution in [3.8, 4) is 0 Å². The number of aliphatic hydroxyl groups is 1. The summed E-state index contributed by atoms with van der Waals surface area (Å²) >= 11 is 0. The molecule has 0 aliphatic heterocycles. The maximum Gasteiger partial charge on any atom is 0.0512 e. The van der Waals surface area contributed by atoms with Gasteiger partial charge in [0.25, 0.3) is 0 Å². The van der Waals surface area contributed by atoms with Crippen LogP contribution in [0.15, 0.2) is 0 Å². The molecule has 1 fully saturated rings. The van der Waals surface area contributed by atoms with Crippen LogP contribution in [0.5, 0.6) is 0 Å². The molecule has 1 saturated carbocycles. The third kappa shape index (κ3) is 2.35. The summed E-state index contributed by atoms with van der Waals surface area (Å²) in [6, 6.07) is 0. The van der Waals surface area contributed by atoms with Crippen molar-refractivity contribution in [1.82, 2.24) is 0 Å². The van der Waals surface area contributed by atoms with Crippen LogP contribution in [0.2, 0.25) is 0 Å². The van der Waals surface area contributed by atoms with Gasteiger partial charge in [-0.05, 0) is 38.0 Å². The molecule has 0 aromatic heterocycles. The zero-order chi connectivity index (χ0) is 6.85. The van der Waals surface area contributed by atoms with Crippen molar-refractivity contribution < 1.29 is 5.11 Å². The van der Waals surface area contributed by atoms with Gasteiger partial charge in [-0.3, -0.25) is 0 Å². The number of rotatable bonds is 3. The lowest BCUT2D eigenvalue weighted by Crippen LogP contribution is -1.99. The first-order valence-corrected chi connectivity index (χ1v) is 3.88. The molecule has 2 unspecified atom stereocenters. The third-order valence-electron chi connectivity index (χ3n) is 2.23. The summed E-state index contributed by atoms with van der Waals surface area (Å²) in [5.41, 5.74) is 0. The summed E-state index contributed by atoms with van der Waals surface area (Å²) in [4.78, 5) is 0. The Bertz CT molecular complexity index is 88.6. The van der Waals surface area contributed by atoms with Gasteiger partial charge in [0.15, 0.2) is 0 Å². The fraction of sp³-hybridized carbons (Fsp3) is 1.00. The summed E-state index contributed by atoms with van der Waals surface area (Å²) in [6.45, 7) is 4.15. The molecular weight excluding hydrogens is 112 g/mol. The fourth-order valence-corrected chi connectivity index (χ4v) is 1.26. The Morgan fingerprint density at radius 1 is 1.67 bits per heavy atom. The zero-order valence-corrected chi connectivity index (χ0v) is 6.30. The van der Waals surface area contributed by atoms with E-state index in [2.05, 4.69) is 6.92 Å². The quantitative estimate of drug-likeness (QED) is 0.614. The van der Waals surface area contributed by atoms with E-state index in [0.29, 0.717) is 0 Å². The molecular formula is C8H16O. The van der Waals surface area contributed by atoms with Crippen LogP contribution in [0.25, 0.3) is 0 Å². The summed E-state index contributed by atoms with van der Waals surface area (Å²) < 4.78 is 0. The van der Waals surface area contributed by atoms with Crippen LogP contribution in [-0.4, -0.2) is 11.2 Å². The van der Waals surface area contributed by atoms with Crippen LogP contribution >= 0.6 is 0 Å². The first kappa shape index (κ1) is 7.07. The van der Waals surface area contributed by atoms with Gasteiger partial charge in [0.2, 0.25) is 0 Å². The van der Waals surface area contributed by atoms with Crippen LogP contribution in [0.4, 0.5) is 0 Å². The Labute approximate surface area is 57.1 Å². The predicted molar refractivity (Wildman–Crippen MR) is 38.2 cm³/mol. The van der Waals surface area contributed by atoms with Gasteiger partial charge in [0.1, 0.15) is 0 Å². The molecule has 0 aromatic rings. The summed E-state index contributed by atoms with van der Waals surface area (Å²) in [5, 5.41) is 8.92. The van der Waals surface area contributed by atoms with Crippen molar-refractivity contribution in [3.63, 3.8) is 0 Å². The lowest BCUT2D eigenvalue weighted by Gasteiger charge is -2.00. The number of hydrogen-bond acceptors (Lipinski definition) is 1. The van der Waals surface area contributed by atoms with Crippen molar-refractivity contribution in [2.75, 3.05) is 0 Å². The second-order valence-electron chi connectivity index (χ2n) is 3.40. The summed E-state index contributed by atoms with van der Waals surface area (Å²) in [7, 11) is 0. The molecule has 1 N–H and O–H groups in total. The molecule has 0 spiro atoms. The van der Waals surface area contributed by atoms with Gasteiger partial charge in [-0.2, -0.15) is 0 Å². The van der Waals surface area contributed by atoms with Crippen molar-refractivity contribution in [1.29, 1.82) is 0 Å². The molecule has 1 heteroatoms. The highest BCUT2D eigenvalue weighted by molar-refractivity contribution is 4.82. The lowest BCUT2D eigenvalue weighted by molar-refractivity contribution is 0.178. The van der Waals surface area contributed by atoms with Crippen LogP contribution in [-0.2, 0) is 0 Å². The third-order valence-corrected chi connectivity index (χ3v) is 2.23. The zero-order valence-electron chi connectivity index (χ0n) is 6.30. The van der Waals surface area contributed by atoms with E-state index in [-0.39, 0.29) is 6.10 Å². The maximum absolute atomic E-state index is 8.92. The molecule has 3 atom stereocenters. The molecule has 0 radical (unpaired) electrons. The first-order chi connectivity index (χ1) is 4.20. The minimum absolute atomic E-state index is 0.0854. The standard InChI is InChI=1S/C8H16O/c1-6-5-8(6)4-3-7(2)9/h6-9H,3-5H2,1-2H3/t6?,7-,8?/m1/s1. The highest BCUT2D eigenvalue weighted by Gasteiger charge is 2.31. The minimum Gasteiger partial charge on any atom is -0.393 e. The Morgan fingerprint density at radius 2 is 2.22 bits per heavy atom. The molecule has 0 saturated heterocycles. The topological polar surface area (TPSA) is 20.2 Å². The number of aliphatic hydroxyl groups excluding tert-OH is 1. The molecule has 0 heterocycles. The summed E-state index contributed by atoms with van der Waals surface area (Å²) in [5.74, 6) is 1.89. The van der Waals surface area contributed by atoms with Crippen molar-refractivity contribution in [2.45, 2.75) is 39.2 Å². The number of hydrogen-bond donors (Lipinski definition) is 1. The summed E-state index contributed by atoms with van der Waals surface area (Å²) in [6.07, 6.45) is 3.54. The van der Waals surface area contributed by atoms with Crippen LogP contribution in [0.1, 0.15) is 33.1 Å². The second-order valence-corrected chi connectivity index (χ2v) is 3.40. The molecule has 0 bridgehead atoms. The molecule has 0 aromatic carbocycles. The van der Waals surface area contributed by atoms with Gasteiger partial charge >= 0.3 is 0 Å². The average molecular weight is 128 g/mol. The van der Waals surface area contributed by atoms with Crippen LogP contribution < -0.4 is 0 Å². The van der Waals surface area contributed by atoms with Crippen molar-refractivity contribution >= 4 is 0 Å². The molecule has 1 rings (SSSR count). The second kappa shape index (κ2) is 2.70. The molecule has 0 amide bonds. The van der Waals surface area contributed by atoms with Crippen molar-refractivity contribution in [2.24, 2.45) is 11.8 Å². The minimum atomic E-state index is -0.0854. The van der Waals surface area contributed by atoms with Gasteiger partial charge in [0.05, 0.1) is 6.10 Å². The van der Waals surface area contributed by atoms with E-state index in [9.17, 15) is 0 Å². The molecule has 1 aliphatic carbocycles. The fourth-order valence-electron chi connectivity index (χ4n) is 1.26. The Balaban J connectivity index is 1.94. The van der Waals surface area contributed by atoms with E-state index in [1.54, 1.807) is 0 Å². The van der Waals surface area contributed by atoms with Gasteiger partial charge in [-0.15, -0.1) is 0 Å². The molecule has 9 heavy (non-hydrogen) atoms. The monoisotopic (exact) mass is 128 g/mol. The maximum atomic E-state index is 8.92. The van der Waals surface area contributed by atoms with Crippen LogP contribution in [0, 0.1) is 11.8 Å². The van der Waals surface area contributed by atoms with E-state index >= 15 is 0 Å². The van der Waals surface area contributed by atoms with Gasteiger partial charge in [-0.25, -0.2) is 0 Å². The lowest BCUT2D eigenvalue weighted by atomic mass is 10.1. The van der Waals surface area contributed by atoms with Gasteiger partial charge in [-0.1, -0.05) is 6.92 Å². The Hall–Kier alpha value is -0.0400. The highest BCUT2D eigenvalue weighted by Crippen LogP contribution is 2.41. The molecule has 54 valence electrons. The average Bonchev–Trinajstić information content (AvgIpc) is 2.42. The largest absolute Gasteiger partial charge is 0.393 e. The Kier molecular flexibility index (Phi) is 2.12. The van der Waals surface area contributed by atoms with E-state index < -0.39 is 0 Å². The SMILES string of the molecule is CC1CC1CC[C@@H](C)O. The smallest absolute Gasteiger partial charge is 0.0512 e. The van der Waals surface area contributed by atoms with Crippen LogP contribution in [0.3, 0.4) is 0 Å². The predicted octanol–water partition coefficient (Wildman–Crippen LogP) is 1.80.